The lowest BCUT2D eigenvalue weighted by molar-refractivity contribution is 0.476. The number of nitrogens with zero attached hydrogens (tertiary/aromatic N) is 2. The molecule has 5 heteroatoms. The van der Waals surface area contributed by atoms with E-state index in [-0.39, 0.29) is 5.75 Å². The Morgan fingerprint density at radius 1 is 0.842 bits per heavy atom. The van der Waals surface area contributed by atoms with Gasteiger partial charge < -0.3 is 5.11 Å². The number of aromatic nitrogens is 2. The number of halogens is 2. The van der Waals surface area contributed by atoms with Crippen molar-refractivity contribution in [3.63, 3.8) is 0 Å². The van der Waals surface area contributed by atoms with E-state index in [2.05, 4.69) is 69.0 Å². The van der Waals surface area contributed by atoms with Crippen LogP contribution in [0.1, 0.15) is 11.1 Å². The molecule has 0 aliphatic heterocycles. The number of hydrogen-bond donors (Lipinski definition) is 1. The second-order valence-corrected chi connectivity index (χ2v) is 6.86. The highest BCUT2D eigenvalue weighted by molar-refractivity contribution is 14.1. The van der Waals surface area contributed by atoms with Crippen LogP contribution in [-0.4, -0.2) is 15.1 Å². The number of aryl methyl sites for hydroxylation is 2. The fourth-order valence-electron chi connectivity index (χ4n) is 2.00. The van der Waals surface area contributed by atoms with Crippen molar-refractivity contribution in [2.75, 3.05) is 0 Å². The summed E-state index contributed by atoms with van der Waals surface area (Å²) in [5, 5.41) is 10.2. The van der Waals surface area contributed by atoms with E-state index in [1.807, 2.05) is 18.2 Å². The van der Waals surface area contributed by atoms with Crippen LogP contribution in [-0.2, 0) is 0 Å². The van der Waals surface area contributed by atoms with Gasteiger partial charge >= 0.3 is 0 Å². The van der Waals surface area contributed by atoms with Gasteiger partial charge in [0.15, 0.2) is 5.75 Å². The molecule has 3 aromatic rings. The highest BCUT2D eigenvalue weighted by Crippen LogP contribution is 2.32. The second-order valence-electron chi connectivity index (χ2n) is 4.53. The summed E-state index contributed by atoms with van der Waals surface area (Å²) < 4.78 is 1.80. The lowest BCUT2D eigenvalue weighted by Crippen LogP contribution is -1.94. The van der Waals surface area contributed by atoms with E-state index >= 15 is 0 Å². The Kier molecular flexibility index (Phi) is 3.28. The van der Waals surface area contributed by atoms with Crippen LogP contribution in [0, 0.1) is 21.0 Å². The molecule has 1 aromatic heterocycles. The molecule has 0 fully saturated rings. The third-order valence-electron chi connectivity index (χ3n) is 3.21. The van der Waals surface area contributed by atoms with Gasteiger partial charge in [0.2, 0.25) is 0 Å². The van der Waals surface area contributed by atoms with Crippen molar-refractivity contribution in [3.8, 4) is 5.75 Å². The molecule has 1 N–H and O–H groups in total. The van der Waals surface area contributed by atoms with Gasteiger partial charge in [-0.05, 0) is 88.4 Å². The lowest BCUT2D eigenvalue weighted by atomic mass is 10.1. The van der Waals surface area contributed by atoms with E-state index in [9.17, 15) is 5.11 Å². The van der Waals surface area contributed by atoms with Gasteiger partial charge in [-0.3, -0.25) is 0 Å². The second kappa shape index (κ2) is 4.69. The van der Waals surface area contributed by atoms with E-state index in [4.69, 9.17) is 0 Å². The van der Waals surface area contributed by atoms with Gasteiger partial charge in [-0.2, -0.15) is 0 Å². The van der Waals surface area contributed by atoms with Crippen LogP contribution >= 0.6 is 45.2 Å². The molecular weight excluding hydrogens is 466 g/mol. The minimum absolute atomic E-state index is 0.212. The van der Waals surface area contributed by atoms with Crippen molar-refractivity contribution < 1.29 is 5.11 Å². The van der Waals surface area contributed by atoms with Crippen LogP contribution in [0.4, 0.5) is 0 Å². The van der Waals surface area contributed by atoms with Gasteiger partial charge in [0.05, 0.1) is 14.6 Å². The molecule has 1 heterocycles. The van der Waals surface area contributed by atoms with E-state index in [0.717, 1.165) is 23.7 Å². The largest absolute Gasteiger partial charge is 0.505 e. The van der Waals surface area contributed by atoms with Gasteiger partial charge in [0.25, 0.3) is 0 Å². The predicted octanol–water partition coefficient (Wildman–Crippen LogP) is 4.31. The highest BCUT2D eigenvalue weighted by Gasteiger charge is 2.13. The van der Waals surface area contributed by atoms with Gasteiger partial charge in [-0.1, -0.05) is 0 Å². The first-order valence-electron chi connectivity index (χ1n) is 5.73. The fourth-order valence-corrected chi connectivity index (χ4v) is 3.85. The summed E-state index contributed by atoms with van der Waals surface area (Å²) in [7, 11) is 0. The number of hydrogen-bond acceptors (Lipinski definition) is 3. The molecule has 0 spiro atoms. The summed E-state index contributed by atoms with van der Waals surface area (Å²) in [5.74, 6) is 0.212. The summed E-state index contributed by atoms with van der Waals surface area (Å²) in [6, 6.07) is 5.98. The van der Waals surface area contributed by atoms with Crippen molar-refractivity contribution in [2.24, 2.45) is 0 Å². The Balaban J connectivity index is 2.52. The molecule has 3 rings (SSSR count). The fraction of sp³-hybridized carbons (Fsp3) is 0.143. The molecule has 96 valence electrons. The first kappa shape index (κ1) is 13.3. The van der Waals surface area contributed by atoms with Gasteiger partial charge in [0.1, 0.15) is 11.0 Å². The van der Waals surface area contributed by atoms with Crippen molar-refractivity contribution >= 4 is 67.2 Å². The molecule has 3 nitrogen and oxygen atoms in total. The van der Waals surface area contributed by atoms with E-state index < -0.39 is 0 Å². The van der Waals surface area contributed by atoms with E-state index in [1.165, 1.54) is 11.1 Å². The number of fused-ring (bicyclic) bond motifs is 2. The van der Waals surface area contributed by atoms with Crippen LogP contribution in [0.5, 0.6) is 5.75 Å². The van der Waals surface area contributed by atoms with Crippen molar-refractivity contribution in [2.45, 2.75) is 13.8 Å². The standard InChI is InChI=1S/C14H10I2N2O/c1-6-3-10-11(4-7(6)2)18-13-12(17-10)8(15)5-9(16)14(13)19/h3-5,19H,1-2H3. The Morgan fingerprint density at radius 3 is 1.95 bits per heavy atom. The van der Waals surface area contributed by atoms with E-state index in [1.54, 1.807) is 0 Å². The molecule has 0 saturated carbocycles. The molecule has 0 aliphatic rings. The normalized spacial score (nSPS) is 11.4. The van der Waals surface area contributed by atoms with Gasteiger partial charge in [-0.15, -0.1) is 0 Å². The van der Waals surface area contributed by atoms with Crippen LogP contribution in [0.25, 0.3) is 22.1 Å². The summed E-state index contributed by atoms with van der Waals surface area (Å²) in [6.07, 6.45) is 0. The van der Waals surface area contributed by atoms with Crippen molar-refractivity contribution in [1.29, 1.82) is 0 Å². The third kappa shape index (κ3) is 2.16. The summed E-state index contributed by atoms with van der Waals surface area (Å²) in [5.41, 5.74) is 5.41. The zero-order chi connectivity index (χ0) is 13.7. The molecule has 0 bridgehead atoms. The predicted molar refractivity (Wildman–Crippen MR) is 93.6 cm³/mol. The molecular formula is C14H10I2N2O. The lowest BCUT2D eigenvalue weighted by Gasteiger charge is -2.08. The molecule has 0 saturated heterocycles. The van der Waals surface area contributed by atoms with Crippen molar-refractivity contribution in [1.82, 2.24) is 9.97 Å². The number of phenolic OH excluding ortho intramolecular Hbond substituents is 1. The molecule has 0 radical (unpaired) electrons. The zero-order valence-corrected chi connectivity index (χ0v) is 14.6. The summed E-state index contributed by atoms with van der Waals surface area (Å²) in [4.78, 5) is 9.23. The number of aromatic hydroxyl groups is 1. The van der Waals surface area contributed by atoms with Crippen molar-refractivity contribution in [3.05, 3.63) is 36.5 Å². The smallest absolute Gasteiger partial charge is 0.156 e. The zero-order valence-electron chi connectivity index (χ0n) is 10.3. The molecule has 0 unspecified atom stereocenters. The average molecular weight is 476 g/mol. The monoisotopic (exact) mass is 476 g/mol. The topological polar surface area (TPSA) is 46.0 Å². The van der Waals surface area contributed by atoms with E-state index in [0.29, 0.717) is 5.52 Å². The highest BCUT2D eigenvalue weighted by atomic mass is 127. The SMILES string of the molecule is Cc1cc2nc3c(I)cc(I)c(O)c3nc2cc1C. The van der Waals surface area contributed by atoms with Gasteiger partial charge in [0, 0.05) is 3.57 Å². The van der Waals surface area contributed by atoms with Gasteiger partial charge in [-0.25, -0.2) is 9.97 Å². The quantitative estimate of drug-likeness (QED) is 0.389. The maximum absolute atomic E-state index is 10.2. The van der Waals surface area contributed by atoms with Crippen LogP contribution < -0.4 is 0 Å². The molecule has 0 atom stereocenters. The molecule has 19 heavy (non-hydrogen) atoms. The Bertz CT molecular complexity index is 831. The number of phenols is 1. The minimum Gasteiger partial charge on any atom is -0.505 e. The summed E-state index contributed by atoms with van der Waals surface area (Å²) in [6.45, 7) is 4.12. The Labute approximate surface area is 137 Å². The summed E-state index contributed by atoms with van der Waals surface area (Å²) >= 11 is 4.34. The molecule has 0 aliphatic carbocycles. The third-order valence-corrected chi connectivity index (χ3v) is 4.85. The Hall–Kier alpha value is -0.700. The molecule has 2 aromatic carbocycles. The average Bonchev–Trinajstić information content (AvgIpc) is 2.36. The van der Waals surface area contributed by atoms with Crippen LogP contribution in [0.2, 0.25) is 0 Å². The van der Waals surface area contributed by atoms with Crippen LogP contribution in [0.15, 0.2) is 18.2 Å². The first-order valence-corrected chi connectivity index (χ1v) is 7.89. The maximum atomic E-state index is 10.2. The minimum atomic E-state index is 0.212. The number of rotatable bonds is 0. The van der Waals surface area contributed by atoms with Crippen LogP contribution in [0.3, 0.4) is 0 Å². The maximum Gasteiger partial charge on any atom is 0.156 e. The Morgan fingerprint density at radius 2 is 1.37 bits per heavy atom. The number of benzene rings is 2. The first-order chi connectivity index (χ1) is 8.97. The molecule has 0 amide bonds.